The van der Waals surface area contributed by atoms with Gasteiger partial charge in [-0.2, -0.15) is 0 Å². The topological polar surface area (TPSA) is 13.0 Å². The quantitative estimate of drug-likeness (QED) is 0.115. The van der Waals surface area contributed by atoms with Gasteiger partial charge in [0, 0.05) is 45.5 Å². The Labute approximate surface area is 376 Å². The van der Waals surface area contributed by atoms with Crippen molar-refractivity contribution in [2.75, 3.05) is 19.6 Å². The van der Waals surface area contributed by atoms with Crippen molar-refractivity contribution < 1.29 is 0 Å². The van der Waals surface area contributed by atoms with Gasteiger partial charge in [-0.15, -0.1) is 0 Å². The Morgan fingerprint density at radius 2 is 0.328 bits per heavy atom. The first-order chi connectivity index (χ1) is 31.8. The van der Waals surface area contributed by atoms with E-state index in [1.807, 2.05) is 0 Å². The van der Waals surface area contributed by atoms with Crippen LogP contribution >= 0.6 is 0 Å². The van der Waals surface area contributed by atoms with Crippen LogP contribution in [0.5, 0.6) is 0 Å². The van der Waals surface area contributed by atoms with Crippen LogP contribution in [0.15, 0.2) is 279 Å². The molecule has 10 aromatic carbocycles. The Morgan fingerprint density at radius 1 is 0.156 bits per heavy atom. The molecule has 0 aliphatic carbocycles. The van der Waals surface area contributed by atoms with Gasteiger partial charge in [0.05, 0.1) is 22.7 Å². The van der Waals surface area contributed by atoms with Crippen LogP contribution in [0, 0.1) is 0 Å². The number of anilines is 12. The SMILES string of the molecule is c1ccc(N(c2ccccc2)c2ccc(-c3ccc(N(c4ccccc4)c4ccccc4)c(N(c4ccccc4)c4ccccc4)c3)cc2N(c2ccccc2)c2ccccc2)cc1. The highest BCUT2D eigenvalue weighted by molar-refractivity contribution is 5.96. The summed E-state index contributed by atoms with van der Waals surface area (Å²) in [7, 11) is 0. The van der Waals surface area contributed by atoms with Gasteiger partial charge in [0.15, 0.2) is 0 Å². The van der Waals surface area contributed by atoms with E-state index >= 15 is 0 Å². The summed E-state index contributed by atoms with van der Waals surface area (Å²) in [5.74, 6) is 0. The summed E-state index contributed by atoms with van der Waals surface area (Å²) < 4.78 is 0. The Balaban J connectivity index is 1.25. The van der Waals surface area contributed by atoms with Crippen molar-refractivity contribution in [2.45, 2.75) is 0 Å². The van der Waals surface area contributed by atoms with Gasteiger partial charge in [0.2, 0.25) is 0 Å². The highest BCUT2D eigenvalue weighted by atomic mass is 15.2. The molecule has 4 nitrogen and oxygen atoms in total. The van der Waals surface area contributed by atoms with Crippen LogP contribution in [0.4, 0.5) is 68.2 Å². The van der Waals surface area contributed by atoms with Gasteiger partial charge >= 0.3 is 0 Å². The third-order valence-corrected chi connectivity index (χ3v) is 11.4. The number of hydrogen-bond donors (Lipinski definition) is 0. The van der Waals surface area contributed by atoms with Crippen molar-refractivity contribution in [3.63, 3.8) is 0 Å². The van der Waals surface area contributed by atoms with Crippen LogP contribution in [0.2, 0.25) is 0 Å². The van der Waals surface area contributed by atoms with Crippen LogP contribution in [-0.4, -0.2) is 0 Å². The molecule has 0 aromatic heterocycles. The molecular weight excluding hydrogens is 777 g/mol. The number of hydrogen-bond acceptors (Lipinski definition) is 4. The fraction of sp³-hybridized carbons (Fsp3) is 0. The van der Waals surface area contributed by atoms with Crippen LogP contribution in [0.25, 0.3) is 11.1 Å². The minimum Gasteiger partial charge on any atom is -0.308 e. The second-order valence-corrected chi connectivity index (χ2v) is 15.4. The van der Waals surface area contributed by atoms with Crippen molar-refractivity contribution in [1.29, 1.82) is 0 Å². The van der Waals surface area contributed by atoms with E-state index in [0.29, 0.717) is 0 Å². The van der Waals surface area contributed by atoms with E-state index in [1.54, 1.807) is 0 Å². The summed E-state index contributed by atoms with van der Waals surface area (Å²) in [4.78, 5) is 9.47. The lowest BCUT2D eigenvalue weighted by Gasteiger charge is -2.34. The first kappa shape index (κ1) is 39.5. The van der Waals surface area contributed by atoms with E-state index in [1.165, 1.54) is 0 Å². The summed E-state index contributed by atoms with van der Waals surface area (Å²) in [6.45, 7) is 0. The third-order valence-electron chi connectivity index (χ3n) is 11.4. The van der Waals surface area contributed by atoms with Gasteiger partial charge in [-0.1, -0.05) is 158 Å². The first-order valence-corrected chi connectivity index (χ1v) is 21.7. The molecule has 0 atom stereocenters. The van der Waals surface area contributed by atoms with E-state index in [-0.39, 0.29) is 0 Å². The summed E-state index contributed by atoms with van der Waals surface area (Å²) in [5.41, 5.74) is 14.8. The molecule has 0 spiro atoms. The highest BCUT2D eigenvalue weighted by Gasteiger charge is 2.26. The molecule has 0 amide bonds. The molecule has 64 heavy (non-hydrogen) atoms. The lowest BCUT2D eigenvalue weighted by molar-refractivity contribution is 1.22. The molecule has 0 radical (unpaired) electrons. The molecule has 10 rings (SSSR count). The van der Waals surface area contributed by atoms with Crippen LogP contribution in [0.1, 0.15) is 0 Å². The molecule has 10 aromatic rings. The average molecular weight is 823 g/mol. The van der Waals surface area contributed by atoms with E-state index in [4.69, 9.17) is 0 Å². The maximum absolute atomic E-state index is 2.37. The maximum atomic E-state index is 2.37. The summed E-state index contributed by atoms with van der Waals surface area (Å²) >= 11 is 0. The van der Waals surface area contributed by atoms with Crippen molar-refractivity contribution >= 4 is 68.2 Å². The normalized spacial score (nSPS) is 10.8. The molecule has 0 saturated heterocycles. The zero-order valence-electron chi connectivity index (χ0n) is 35.3. The summed E-state index contributed by atoms with van der Waals surface area (Å²) in [6, 6.07) is 99.0. The van der Waals surface area contributed by atoms with E-state index in [2.05, 4.69) is 299 Å². The second kappa shape index (κ2) is 18.6. The zero-order valence-corrected chi connectivity index (χ0v) is 35.3. The standard InChI is InChI=1S/C60H46N4/c1-9-25-49(26-10-1)61(50-27-11-2-12-28-50)57-43-41-47(45-59(57)63(53-33-17-5-18-34-53)54-35-19-6-20-36-54)48-42-44-58(62(51-29-13-3-14-30-51)52-31-15-4-16-32-52)60(46-48)64(55-37-21-7-22-38-55)56-39-23-8-24-40-56/h1-46H. The molecule has 0 fully saturated rings. The molecule has 0 heterocycles. The molecule has 4 heteroatoms. The largest absolute Gasteiger partial charge is 0.308 e. The molecule has 0 saturated carbocycles. The van der Waals surface area contributed by atoms with Crippen LogP contribution < -0.4 is 19.6 Å². The van der Waals surface area contributed by atoms with Crippen LogP contribution in [0.3, 0.4) is 0 Å². The predicted octanol–water partition coefficient (Wildman–Crippen LogP) is 17.2. The zero-order chi connectivity index (χ0) is 42.9. The molecule has 0 N–H and O–H groups in total. The van der Waals surface area contributed by atoms with E-state index in [0.717, 1.165) is 79.4 Å². The Bertz CT molecular complexity index is 2650. The van der Waals surface area contributed by atoms with Gasteiger partial charge < -0.3 is 19.6 Å². The van der Waals surface area contributed by atoms with Gasteiger partial charge in [-0.3, -0.25) is 0 Å². The monoisotopic (exact) mass is 822 g/mol. The van der Waals surface area contributed by atoms with Crippen molar-refractivity contribution in [1.82, 2.24) is 0 Å². The molecule has 0 unspecified atom stereocenters. The van der Waals surface area contributed by atoms with Crippen LogP contribution in [-0.2, 0) is 0 Å². The Morgan fingerprint density at radius 3 is 0.516 bits per heavy atom. The van der Waals surface area contributed by atoms with Gasteiger partial charge in [0.1, 0.15) is 0 Å². The summed E-state index contributed by atoms with van der Waals surface area (Å²) in [6.07, 6.45) is 0. The fourth-order valence-electron chi connectivity index (χ4n) is 8.47. The third kappa shape index (κ3) is 8.24. The smallest absolute Gasteiger partial charge is 0.0708 e. The number of benzene rings is 10. The number of para-hydroxylation sites is 8. The van der Waals surface area contributed by atoms with Gasteiger partial charge in [0.25, 0.3) is 0 Å². The van der Waals surface area contributed by atoms with Crippen molar-refractivity contribution in [2.24, 2.45) is 0 Å². The molecule has 0 aliphatic heterocycles. The van der Waals surface area contributed by atoms with E-state index in [9.17, 15) is 0 Å². The second-order valence-electron chi connectivity index (χ2n) is 15.4. The molecular formula is C60H46N4. The number of rotatable bonds is 13. The van der Waals surface area contributed by atoms with Crippen molar-refractivity contribution in [3.8, 4) is 11.1 Å². The van der Waals surface area contributed by atoms with Crippen molar-refractivity contribution in [3.05, 3.63) is 279 Å². The summed E-state index contributed by atoms with van der Waals surface area (Å²) in [5, 5.41) is 0. The maximum Gasteiger partial charge on any atom is 0.0708 e. The lowest BCUT2D eigenvalue weighted by atomic mass is 9.99. The minimum absolute atomic E-state index is 1.03. The predicted molar refractivity (Wildman–Crippen MR) is 271 cm³/mol. The lowest BCUT2D eigenvalue weighted by Crippen LogP contribution is -2.17. The number of nitrogens with zero attached hydrogens (tertiary/aromatic N) is 4. The van der Waals surface area contributed by atoms with Gasteiger partial charge in [-0.05, 0) is 132 Å². The first-order valence-electron chi connectivity index (χ1n) is 21.7. The minimum atomic E-state index is 1.03. The highest BCUT2D eigenvalue weighted by Crippen LogP contribution is 2.50. The Kier molecular flexibility index (Phi) is 11.5. The van der Waals surface area contributed by atoms with E-state index < -0.39 is 0 Å². The fourth-order valence-corrected chi connectivity index (χ4v) is 8.47. The molecule has 0 bridgehead atoms. The molecule has 0 aliphatic rings. The Hall–Kier alpha value is -8.60. The van der Waals surface area contributed by atoms with Gasteiger partial charge in [-0.25, -0.2) is 0 Å². The molecule has 306 valence electrons. The average Bonchev–Trinajstić information content (AvgIpc) is 3.38.